The largest absolute Gasteiger partial charge is 0.0613 e. The van der Waals surface area contributed by atoms with Gasteiger partial charge < -0.3 is 0 Å². The van der Waals surface area contributed by atoms with E-state index < -0.39 is 0 Å². The zero-order valence-corrected chi connectivity index (χ0v) is 16.1. The van der Waals surface area contributed by atoms with Crippen molar-refractivity contribution in [3.05, 3.63) is 95.1 Å². The normalized spacial score (nSPS) is 27.4. The molecule has 4 atom stereocenters. The molecule has 4 aromatic rings. The van der Waals surface area contributed by atoms with Crippen LogP contribution in [0.3, 0.4) is 0 Å². The highest BCUT2D eigenvalue weighted by Crippen LogP contribution is 2.55. The zero-order chi connectivity index (χ0) is 18.2. The molecule has 0 aromatic heterocycles. The minimum atomic E-state index is 0.657. The van der Waals surface area contributed by atoms with Gasteiger partial charge in [-0.1, -0.05) is 72.8 Å². The minimum absolute atomic E-state index is 0.657. The molecule has 0 unspecified atom stereocenters. The van der Waals surface area contributed by atoms with Gasteiger partial charge in [0.05, 0.1) is 0 Å². The number of fused-ring (bicyclic) bond motifs is 8. The maximum atomic E-state index is 2.54. The quantitative estimate of drug-likeness (QED) is 0.302. The molecule has 2 saturated carbocycles. The summed E-state index contributed by atoms with van der Waals surface area (Å²) >= 11 is 0. The third kappa shape index (κ3) is 1.96. The van der Waals surface area contributed by atoms with Crippen LogP contribution in [-0.4, -0.2) is 0 Å². The van der Waals surface area contributed by atoms with E-state index in [1.165, 1.54) is 47.2 Å². The van der Waals surface area contributed by atoms with Crippen molar-refractivity contribution in [3.8, 4) is 0 Å². The molecule has 0 amide bonds. The summed E-state index contributed by atoms with van der Waals surface area (Å²) in [6.45, 7) is 0. The van der Waals surface area contributed by atoms with Crippen molar-refractivity contribution in [3.63, 3.8) is 0 Å². The fourth-order valence-electron chi connectivity index (χ4n) is 6.28. The third-order valence-electron chi connectivity index (χ3n) is 8.08. The Balaban J connectivity index is 1.56. The van der Waals surface area contributed by atoms with Crippen LogP contribution in [0.1, 0.15) is 71.6 Å². The third-order valence-corrected chi connectivity index (χ3v) is 8.08. The number of hydrogen-bond donors (Lipinski definition) is 0. The average molecular weight is 361 g/mol. The average Bonchev–Trinajstić information content (AvgIpc) is 2.67. The van der Waals surface area contributed by atoms with Crippen molar-refractivity contribution in [2.45, 2.75) is 49.4 Å². The van der Waals surface area contributed by atoms with E-state index in [9.17, 15) is 0 Å². The van der Waals surface area contributed by atoms with Gasteiger partial charge >= 0.3 is 0 Å². The molecule has 0 spiro atoms. The van der Waals surface area contributed by atoms with E-state index in [0.29, 0.717) is 23.7 Å². The molecule has 0 nitrogen and oxygen atoms in total. The molecule has 0 heterocycles. The molecule has 0 saturated heterocycles. The summed E-state index contributed by atoms with van der Waals surface area (Å²) in [7, 11) is 0. The Hall–Kier alpha value is -2.60. The Morgan fingerprint density at radius 1 is 0.464 bits per heavy atom. The highest BCUT2D eigenvalue weighted by molar-refractivity contribution is 5.89. The van der Waals surface area contributed by atoms with E-state index in [1.807, 2.05) is 0 Å². The number of benzene rings is 4. The molecule has 0 aliphatic heterocycles. The van der Waals surface area contributed by atoms with Crippen LogP contribution in [0.25, 0.3) is 21.5 Å². The highest BCUT2D eigenvalue weighted by Gasteiger charge is 2.37. The molecular formula is C28H24. The van der Waals surface area contributed by atoms with Crippen LogP contribution in [0, 0.1) is 0 Å². The van der Waals surface area contributed by atoms with Crippen molar-refractivity contribution >= 4 is 21.5 Å². The van der Waals surface area contributed by atoms with E-state index in [0.717, 1.165) is 0 Å². The standard InChI is InChI=1S/C28H24/c1-3-17-7-9-19-15-27(17)23(5-1)25-13-14-26(25)24-6-2-4-18-8-10-20(16-28(18)24)22-12-11-21(19)22/h1-10,15-16,21-22,25-26H,11-14H2/t21-,22+,25+,26-. The van der Waals surface area contributed by atoms with Crippen molar-refractivity contribution in [2.24, 2.45) is 0 Å². The zero-order valence-electron chi connectivity index (χ0n) is 16.1. The molecule has 4 bridgehead atoms. The van der Waals surface area contributed by atoms with E-state index in [1.54, 1.807) is 22.3 Å². The fraction of sp³-hybridized carbons (Fsp3) is 0.286. The lowest BCUT2D eigenvalue weighted by Gasteiger charge is -2.41. The molecule has 0 heteroatoms. The Morgan fingerprint density at radius 2 is 0.929 bits per heavy atom. The van der Waals surface area contributed by atoms with Crippen molar-refractivity contribution in [1.29, 1.82) is 0 Å². The molecule has 136 valence electrons. The van der Waals surface area contributed by atoms with Crippen LogP contribution in [-0.2, 0) is 0 Å². The first kappa shape index (κ1) is 15.3. The van der Waals surface area contributed by atoms with Gasteiger partial charge in [-0.25, -0.2) is 0 Å². The van der Waals surface area contributed by atoms with Crippen molar-refractivity contribution < 1.29 is 0 Å². The van der Waals surface area contributed by atoms with Gasteiger partial charge in [0.2, 0.25) is 0 Å². The van der Waals surface area contributed by atoms with E-state index in [2.05, 4.69) is 72.8 Å². The SMILES string of the molecule is c1cc2c3cc(ccc3c1)[C@@H]1CC[C@@H]1c1ccc3cccc(c3c1)[C@@H]1CC[C@H]21. The first-order chi connectivity index (χ1) is 13.9. The second-order valence-corrected chi connectivity index (χ2v) is 9.24. The predicted molar refractivity (Wildman–Crippen MR) is 117 cm³/mol. The first-order valence-corrected chi connectivity index (χ1v) is 10.9. The Bertz CT molecular complexity index is 1150. The van der Waals surface area contributed by atoms with Crippen LogP contribution in [0.5, 0.6) is 0 Å². The first-order valence-electron chi connectivity index (χ1n) is 10.9. The topological polar surface area (TPSA) is 0 Å². The Labute approximate surface area is 166 Å². The second-order valence-electron chi connectivity index (χ2n) is 9.24. The molecule has 7 rings (SSSR count). The maximum Gasteiger partial charge on any atom is -0.00865 e. The number of hydrogen-bond acceptors (Lipinski definition) is 0. The summed E-state index contributed by atoms with van der Waals surface area (Å²) in [5.41, 5.74) is 6.28. The summed E-state index contributed by atoms with van der Waals surface area (Å²) < 4.78 is 0. The second kappa shape index (κ2) is 5.47. The summed E-state index contributed by atoms with van der Waals surface area (Å²) in [4.78, 5) is 0. The van der Waals surface area contributed by atoms with Gasteiger partial charge in [-0.2, -0.15) is 0 Å². The monoisotopic (exact) mass is 360 g/mol. The van der Waals surface area contributed by atoms with E-state index in [4.69, 9.17) is 0 Å². The van der Waals surface area contributed by atoms with Crippen LogP contribution in [0.2, 0.25) is 0 Å². The van der Waals surface area contributed by atoms with Gasteiger partial charge in [0.25, 0.3) is 0 Å². The number of rotatable bonds is 0. The van der Waals surface area contributed by atoms with Gasteiger partial charge in [-0.05, 0) is 93.2 Å². The molecule has 3 aliphatic carbocycles. The molecule has 2 fully saturated rings. The lowest BCUT2D eigenvalue weighted by Crippen LogP contribution is -2.24. The fourth-order valence-corrected chi connectivity index (χ4v) is 6.28. The van der Waals surface area contributed by atoms with E-state index in [-0.39, 0.29) is 0 Å². The summed E-state index contributed by atoms with van der Waals surface area (Å²) in [6.07, 6.45) is 5.28. The molecule has 4 aromatic carbocycles. The smallest absolute Gasteiger partial charge is 0.00865 e. The van der Waals surface area contributed by atoms with Gasteiger partial charge in [0, 0.05) is 0 Å². The van der Waals surface area contributed by atoms with Crippen LogP contribution in [0.4, 0.5) is 0 Å². The van der Waals surface area contributed by atoms with Crippen molar-refractivity contribution in [2.75, 3.05) is 0 Å². The van der Waals surface area contributed by atoms with Crippen LogP contribution < -0.4 is 0 Å². The summed E-state index contributed by atoms with van der Waals surface area (Å²) in [6, 6.07) is 28.6. The molecule has 3 aliphatic rings. The van der Waals surface area contributed by atoms with Crippen LogP contribution in [0.15, 0.2) is 72.8 Å². The van der Waals surface area contributed by atoms with Crippen LogP contribution >= 0.6 is 0 Å². The molecule has 0 radical (unpaired) electrons. The van der Waals surface area contributed by atoms with Crippen molar-refractivity contribution in [1.82, 2.24) is 0 Å². The molecule has 0 N–H and O–H groups in total. The maximum absolute atomic E-state index is 2.54. The highest BCUT2D eigenvalue weighted by atomic mass is 14.4. The summed E-state index contributed by atoms with van der Waals surface area (Å²) in [5.74, 6) is 2.67. The Morgan fingerprint density at radius 3 is 1.36 bits per heavy atom. The Kier molecular flexibility index (Phi) is 3.00. The van der Waals surface area contributed by atoms with E-state index >= 15 is 0 Å². The lowest BCUT2D eigenvalue weighted by molar-refractivity contribution is 0.344. The van der Waals surface area contributed by atoms with Gasteiger partial charge in [-0.15, -0.1) is 0 Å². The predicted octanol–water partition coefficient (Wildman–Crippen LogP) is 7.63. The molecular weight excluding hydrogens is 336 g/mol. The van der Waals surface area contributed by atoms with Gasteiger partial charge in [-0.3, -0.25) is 0 Å². The minimum Gasteiger partial charge on any atom is -0.0613 e. The summed E-state index contributed by atoms with van der Waals surface area (Å²) in [5, 5.41) is 5.85. The van der Waals surface area contributed by atoms with Gasteiger partial charge in [0.1, 0.15) is 0 Å². The lowest BCUT2D eigenvalue weighted by atomic mass is 9.63. The molecule has 28 heavy (non-hydrogen) atoms. The van der Waals surface area contributed by atoms with Gasteiger partial charge in [0.15, 0.2) is 0 Å².